The lowest BCUT2D eigenvalue weighted by atomic mass is 10.2. The van der Waals surface area contributed by atoms with Crippen LogP contribution in [-0.4, -0.2) is 14.3 Å². The van der Waals surface area contributed by atoms with Gasteiger partial charge in [0.2, 0.25) is 0 Å². The Morgan fingerprint density at radius 1 is 1.00 bits per heavy atom. The van der Waals surface area contributed by atoms with E-state index in [2.05, 4.69) is 26.0 Å². The molecule has 0 saturated heterocycles. The van der Waals surface area contributed by atoms with E-state index in [4.69, 9.17) is 11.6 Å². The summed E-state index contributed by atoms with van der Waals surface area (Å²) in [4.78, 5) is 12.3. The average molecular weight is 484 g/mol. The molecule has 0 aromatic heterocycles. The molecule has 0 unspecified atom stereocenters. The minimum Gasteiger partial charge on any atom is -0.322 e. The lowest BCUT2D eigenvalue weighted by Gasteiger charge is -2.11. The monoisotopic (exact) mass is 482 g/mol. The fourth-order valence-electron chi connectivity index (χ4n) is 2.36. The molecule has 1 amide bonds. The highest BCUT2D eigenvalue weighted by molar-refractivity contribution is 9.10. The predicted octanol–water partition coefficient (Wildman–Crippen LogP) is 5.29. The van der Waals surface area contributed by atoms with E-state index < -0.39 is 21.7 Å². The summed E-state index contributed by atoms with van der Waals surface area (Å²) in [6.45, 7) is 0. The van der Waals surface area contributed by atoms with Crippen LogP contribution in [0, 0.1) is 5.82 Å². The molecule has 0 atom stereocenters. The normalized spacial score (nSPS) is 11.1. The number of carbonyl (C=O) groups is 1. The molecule has 2 N–H and O–H groups in total. The van der Waals surface area contributed by atoms with E-state index in [1.54, 1.807) is 24.3 Å². The third-order valence-corrected chi connectivity index (χ3v) is 6.04. The Hall–Kier alpha value is -2.42. The van der Waals surface area contributed by atoms with Gasteiger partial charge in [0.1, 0.15) is 5.82 Å². The van der Waals surface area contributed by atoms with Crippen LogP contribution in [-0.2, 0) is 10.0 Å². The number of hydrogen-bond donors (Lipinski definition) is 2. The van der Waals surface area contributed by atoms with Crippen molar-refractivity contribution in [3.8, 4) is 0 Å². The molecule has 144 valence electrons. The number of hydrogen-bond acceptors (Lipinski definition) is 3. The quantitative estimate of drug-likeness (QED) is 0.517. The standard InChI is InChI=1S/C19H13BrClFN2O3S/c20-16-10-12(22)8-9-15(16)19(25)23-13-4-3-5-14(11-13)28(26,27)24-18-7-2-1-6-17(18)21/h1-11,24H,(H,23,25). The summed E-state index contributed by atoms with van der Waals surface area (Å²) in [5.74, 6) is -0.998. The van der Waals surface area contributed by atoms with E-state index in [1.165, 1.54) is 36.4 Å². The number of amides is 1. The van der Waals surface area contributed by atoms with Crippen LogP contribution in [0.25, 0.3) is 0 Å². The van der Waals surface area contributed by atoms with Gasteiger partial charge >= 0.3 is 0 Å². The van der Waals surface area contributed by atoms with E-state index in [9.17, 15) is 17.6 Å². The molecular weight excluding hydrogens is 471 g/mol. The number of sulfonamides is 1. The van der Waals surface area contributed by atoms with Crippen LogP contribution in [0.4, 0.5) is 15.8 Å². The first-order chi connectivity index (χ1) is 13.3. The molecule has 0 radical (unpaired) electrons. The van der Waals surface area contributed by atoms with E-state index in [-0.39, 0.29) is 31.3 Å². The Labute approximate surface area is 174 Å². The average Bonchev–Trinajstić information content (AvgIpc) is 2.63. The van der Waals surface area contributed by atoms with Gasteiger partial charge in [-0.05, 0) is 64.5 Å². The molecule has 0 saturated carbocycles. The van der Waals surface area contributed by atoms with Gasteiger partial charge in [-0.15, -0.1) is 0 Å². The van der Waals surface area contributed by atoms with Crippen molar-refractivity contribution < 1.29 is 17.6 Å². The number of rotatable bonds is 5. The lowest BCUT2D eigenvalue weighted by Crippen LogP contribution is -2.15. The Morgan fingerprint density at radius 3 is 2.46 bits per heavy atom. The van der Waals surface area contributed by atoms with E-state index in [0.717, 1.165) is 6.07 Å². The molecule has 0 bridgehead atoms. The molecule has 0 aliphatic rings. The number of benzene rings is 3. The number of halogens is 3. The Morgan fingerprint density at radius 2 is 1.75 bits per heavy atom. The van der Waals surface area contributed by atoms with Crippen molar-refractivity contribution in [2.45, 2.75) is 4.90 Å². The molecule has 3 aromatic carbocycles. The van der Waals surface area contributed by atoms with Gasteiger partial charge in [-0.3, -0.25) is 9.52 Å². The van der Waals surface area contributed by atoms with Gasteiger partial charge in [-0.2, -0.15) is 0 Å². The maximum absolute atomic E-state index is 13.2. The Bertz CT molecular complexity index is 1160. The van der Waals surface area contributed by atoms with Crippen molar-refractivity contribution in [1.82, 2.24) is 0 Å². The first-order valence-corrected chi connectivity index (χ1v) is 10.6. The van der Waals surface area contributed by atoms with Crippen LogP contribution in [0.1, 0.15) is 10.4 Å². The summed E-state index contributed by atoms with van der Waals surface area (Å²) in [6, 6.07) is 15.8. The van der Waals surface area contributed by atoms with Gasteiger partial charge in [0, 0.05) is 10.2 Å². The predicted molar refractivity (Wildman–Crippen MR) is 111 cm³/mol. The van der Waals surface area contributed by atoms with Crippen LogP contribution in [0.15, 0.2) is 76.1 Å². The van der Waals surface area contributed by atoms with Gasteiger partial charge in [0.05, 0.1) is 21.2 Å². The first-order valence-electron chi connectivity index (χ1n) is 7.90. The molecule has 0 heterocycles. The molecule has 3 rings (SSSR count). The molecule has 9 heteroatoms. The van der Waals surface area contributed by atoms with Gasteiger partial charge in [0.15, 0.2) is 0 Å². The second-order valence-electron chi connectivity index (χ2n) is 5.69. The van der Waals surface area contributed by atoms with Crippen LogP contribution < -0.4 is 10.0 Å². The van der Waals surface area contributed by atoms with Gasteiger partial charge in [0.25, 0.3) is 15.9 Å². The fourth-order valence-corrected chi connectivity index (χ4v) is 4.26. The molecule has 3 aromatic rings. The minimum atomic E-state index is -3.92. The summed E-state index contributed by atoms with van der Waals surface area (Å²) < 4.78 is 41.1. The van der Waals surface area contributed by atoms with Crippen molar-refractivity contribution >= 4 is 54.8 Å². The highest BCUT2D eigenvalue weighted by atomic mass is 79.9. The summed E-state index contributed by atoms with van der Waals surface area (Å²) in [6.07, 6.45) is 0. The van der Waals surface area contributed by atoms with Crippen molar-refractivity contribution in [3.63, 3.8) is 0 Å². The molecule has 5 nitrogen and oxygen atoms in total. The Kier molecular flexibility index (Phi) is 6.02. The van der Waals surface area contributed by atoms with Crippen molar-refractivity contribution in [1.29, 1.82) is 0 Å². The van der Waals surface area contributed by atoms with Crippen molar-refractivity contribution in [3.05, 3.63) is 87.6 Å². The fraction of sp³-hybridized carbons (Fsp3) is 0. The lowest BCUT2D eigenvalue weighted by molar-refractivity contribution is 0.102. The molecule has 0 fully saturated rings. The van der Waals surface area contributed by atoms with E-state index >= 15 is 0 Å². The second kappa shape index (κ2) is 8.30. The highest BCUT2D eigenvalue weighted by Gasteiger charge is 2.17. The number of carbonyl (C=O) groups excluding carboxylic acids is 1. The van der Waals surface area contributed by atoms with E-state index in [0.29, 0.717) is 0 Å². The summed E-state index contributed by atoms with van der Waals surface area (Å²) in [7, 11) is -3.92. The van der Waals surface area contributed by atoms with E-state index in [1.807, 2.05) is 0 Å². The molecule has 28 heavy (non-hydrogen) atoms. The molecule has 0 aliphatic carbocycles. The topological polar surface area (TPSA) is 75.3 Å². The summed E-state index contributed by atoms with van der Waals surface area (Å²) in [5.41, 5.74) is 0.723. The van der Waals surface area contributed by atoms with Gasteiger partial charge in [-0.1, -0.05) is 29.8 Å². The molecule has 0 spiro atoms. The largest absolute Gasteiger partial charge is 0.322 e. The number of para-hydroxylation sites is 1. The zero-order chi connectivity index (χ0) is 20.3. The minimum absolute atomic E-state index is 0.0524. The zero-order valence-corrected chi connectivity index (χ0v) is 17.3. The molecular formula is C19H13BrClFN2O3S. The van der Waals surface area contributed by atoms with Crippen molar-refractivity contribution in [2.24, 2.45) is 0 Å². The highest BCUT2D eigenvalue weighted by Crippen LogP contribution is 2.25. The Balaban J connectivity index is 1.83. The van der Waals surface area contributed by atoms with Crippen LogP contribution in [0.5, 0.6) is 0 Å². The third-order valence-electron chi connectivity index (χ3n) is 3.70. The van der Waals surface area contributed by atoms with Gasteiger partial charge < -0.3 is 5.32 Å². The maximum Gasteiger partial charge on any atom is 0.262 e. The number of anilines is 2. The summed E-state index contributed by atoms with van der Waals surface area (Å²) >= 11 is 9.13. The smallest absolute Gasteiger partial charge is 0.262 e. The van der Waals surface area contributed by atoms with Crippen LogP contribution in [0.2, 0.25) is 5.02 Å². The third kappa shape index (κ3) is 4.70. The van der Waals surface area contributed by atoms with Crippen LogP contribution in [0.3, 0.4) is 0 Å². The second-order valence-corrected chi connectivity index (χ2v) is 8.64. The van der Waals surface area contributed by atoms with Gasteiger partial charge in [-0.25, -0.2) is 12.8 Å². The summed E-state index contributed by atoms with van der Waals surface area (Å²) in [5, 5.41) is 2.86. The van der Waals surface area contributed by atoms with Crippen LogP contribution >= 0.6 is 27.5 Å². The number of nitrogens with one attached hydrogen (secondary N) is 2. The van der Waals surface area contributed by atoms with Crippen molar-refractivity contribution in [2.75, 3.05) is 10.0 Å². The first kappa shape index (κ1) is 20.3. The molecule has 0 aliphatic heterocycles. The maximum atomic E-state index is 13.2. The zero-order valence-electron chi connectivity index (χ0n) is 14.1. The SMILES string of the molecule is O=C(Nc1cccc(S(=O)(=O)Nc2ccccc2Cl)c1)c1ccc(F)cc1Br.